The van der Waals surface area contributed by atoms with Crippen molar-refractivity contribution in [1.82, 2.24) is 15.6 Å². The molecule has 4 rings (SSSR count). The number of amides is 1. The molecule has 1 aromatic heterocycles. The van der Waals surface area contributed by atoms with E-state index in [2.05, 4.69) is 52.5 Å². The van der Waals surface area contributed by atoms with Gasteiger partial charge >= 0.3 is 6.09 Å². The number of aromatic nitrogens is 1. The van der Waals surface area contributed by atoms with E-state index in [4.69, 9.17) is 9.72 Å². The molecular weight excluding hydrogens is 468 g/mol. The van der Waals surface area contributed by atoms with Crippen LogP contribution in [-0.4, -0.2) is 41.3 Å². The van der Waals surface area contributed by atoms with Crippen molar-refractivity contribution < 1.29 is 9.53 Å². The zero-order valence-electron chi connectivity index (χ0n) is 22.5. The number of anilines is 1. The van der Waals surface area contributed by atoms with Crippen LogP contribution in [0.4, 0.5) is 9.93 Å². The van der Waals surface area contributed by atoms with E-state index in [9.17, 15) is 4.79 Å². The summed E-state index contributed by atoms with van der Waals surface area (Å²) >= 11 is 1.69. The number of aryl methyl sites for hydroxylation is 1. The molecule has 2 saturated carbocycles. The summed E-state index contributed by atoms with van der Waals surface area (Å²) in [5.41, 5.74) is 2.88. The molecule has 1 amide bonds. The Bertz CT molecular complexity index is 968. The molecule has 0 unspecified atom stereocenters. The summed E-state index contributed by atoms with van der Waals surface area (Å²) in [5.74, 6) is 0.771. The number of rotatable bonds is 9. The average molecular weight is 513 g/mol. The minimum atomic E-state index is -0.465. The van der Waals surface area contributed by atoms with Crippen molar-refractivity contribution in [2.24, 2.45) is 5.92 Å². The number of nitrogens with one attached hydrogen (secondary N) is 3. The summed E-state index contributed by atoms with van der Waals surface area (Å²) in [5, 5.41) is 13.7. The molecule has 0 radical (unpaired) electrons. The van der Waals surface area contributed by atoms with E-state index >= 15 is 0 Å². The molecule has 1 heterocycles. The number of hydrogen-bond acceptors (Lipinski definition) is 6. The van der Waals surface area contributed by atoms with Crippen molar-refractivity contribution in [1.29, 1.82) is 0 Å². The van der Waals surface area contributed by atoms with E-state index in [1.165, 1.54) is 56.1 Å². The van der Waals surface area contributed by atoms with Crippen LogP contribution in [0.2, 0.25) is 0 Å². The van der Waals surface area contributed by atoms with Gasteiger partial charge in [0.25, 0.3) is 0 Å². The van der Waals surface area contributed by atoms with Gasteiger partial charge in [-0.3, -0.25) is 0 Å². The average Bonchev–Trinajstić information content (AvgIpc) is 3.48. The predicted octanol–water partition coefficient (Wildman–Crippen LogP) is 6.91. The molecule has 2 aromatic rings. The Hall–Kier alpha value is -2.12. The summed E-state index contributed by atoms with van der Waals surface area (Å²) < 4.78 is 5.54. The van der Waals surface area contributed by atoms with Gasteiger partial charge in [-0.05, 0) is 78.6 Å². The normalized spacial score (nSPS) is 21.8. The van der Waals surface area contributed by atoms with Gasteiger partial charge in [-0.1, -0.05) is 42.7 Å². The van der Waals surface area contributed by atoms with Crippen molar-refractivity contribution in [3.05, 3.63) is 35.2 Å². The topological polar surface area (TPSA) is 75.3 Å². The molecule has 7 heteroatoms. The van der Waals surface area contributed by atoms with Crippen LogP contribution in [0.1, 0.15) is 84.1 Å². The van der Waals surface area contributed by atoms with Crippen LogP contribution in [0.5, 0.6) is 0 Å². The highest BCUT2D eigenvalue weighted by molar-refractivity contribution is 7.14. The Labute approximate surface area is 221 Å². The van der Waals surface area contributed by atoms with Gasteiger partial charge in [-0.15, -0.1) is 11.3 Å². The summed E-state index contributed by atoms with van der Waals surface area (Å²) in [6.45, 7) is 9.68. The van der Waals surface area contributed by atoms with E-state index < -0.39 is 5.60 Å². The Morgan fingerprint density at radius 1 is 1.11 bits per heavy atom. The lowest BCUT2D eigenvalue weighted by atomic mass is 9.83. The largest absolute Gasteiger partial charge is 0.444 e. The van der Waals surface area contributed by atoms with E-state index in [0.29, 0.717) is 6.04 Å². The molecule has 0 saturated heterocycles. The minimum Gasteiger partial charge on any atom is -0.444 e. The summed E-state index contributed by atoms with van der Waals surface area (Å²) in [6, 6.07) is 9.10. The molecular formula is C29H44N4O2S. The highest BCUT2D eigenvalue weighted by Crippen LogP contribution is 2.32. The highest BCUT2D eigenvalue weighted by Gasteiger charge is 2.37. The van der Waals surface area contributed by atoms with E-state index in [-0.39, 0.29) is 11.6 Å². The smallest absolute Gasteiger partial charge is 0.408 e. The summed E-state index contributed by atoms with van der Waals surface area (Å²) in [7, 11) is 0. The van der Waals surface area contributed by atoms with Crippen molar-refractivity contribution in [3.8, 4) is 11.3 Å². The summed E-state index contributed by atoms with van der Waals surface area (Å²) in [6.07, 6.45) is 10.3. The molecule has 198 valence electrons. The maximum absolute atomic E-state index is 12.4. The van der Waals surface area contributed by atoms with Crippen LogP contribution in [0, 0.1) is 12.8 Å². The SMILES string of the molecule is Cc1ccc(-c2csc(NCC[C@H]3CC[C@@H](NCC4(NC(=O)OC(C)(C)C)CCCC4)CC3)n2)cc1. The first-order chi connectivity index (χ1) is 17.2. The van der Waals surface area contributed by atoms with Crippen LogP contribution >= 0.6 is 11.3 Å². The predicted molar refractivity (Wildman–Crippen MR) is 150 cm³/mol. The van der Waals surface area contributed by atoms with E-state index in [1.807, 2.05) is 20.8 Å². The number of benzene rings is 1. The second-order valence-corrected chi connectivity index (χ2v) is 12.7. The Morgan fingerprint density at radius 3 is 2.47 bits per heavy atom. The standard InChI is InChI=1S/C29H44N4O2S/c1-21-7-11-23(12-8-21)25-19-36-26(32-25)30-18-15-22-9-13-24(14-10-22)31-20-29(16-5-6-17-29)33-27(34)35-28(2,3)4/h7-8,11-12,19,22,24,31H,5-6,9-10,13-18,20H2,1-4H3,(H,30,32)(H,33,34)/t22-,24+. The van der Waals surface area contributed by atoms with Gasteiger partial charge in [-0.25, -0.2) is 9.78 Å². The molecule has 6 nitrogen and oxygen atoms in total. The first kappa shape index (κ1) is 26.9. The number of alkyl carbamates (subject to hydrolysis) is 1. The van der Waals surface area contributed by atoms with Crippen LogP contribution < -0.4 is 16.0 Å². The molecule has 0 spiro atoms. The van der Waals surface area contributed by atoms with Gasteiger partial charge < -0.3 is 20.7 Å². The Kier molecular flexibility index (Phi) is 8.94. The fourth-order valence-electron chi connectivity index (χ4n) is 5.51. The lowest BCUT2D eigenvalue weighted by molar-refractivity contribution is 0.0452. The first-order valence-electron chi connectivity index (χ1n) is 13.7. The second-order valence-electron chi connectivity index (χ2n) is 11.8. The van der Waals surface area contributed by atoms with Gasteiger partial charge in [0.2, 0.25) is 0 Å². The zero-order chi connectivity index (χ0) is 25.6. The van der Waals surface area contributed by atoms with Crippen molar-refractivity contribution >= 4 is 22.6 Å². The molecule has 2 aliphatic carbocycles. The van der Waals surface area contributed by atoms with Gasteiger partial charge in [-0.2, -0.15) is 0 Å². The maximum Gasteiger partial charge on any atom is 0.408 e. The van der Waals surface area contributed by atoms with Crippen molar-refractivity contribution in [2.75, 3.05) is 18.4 Å². The molecule has 0 aliphatic heterocycles. The third-order valence-electron chi connectivity index (χ3n) is 7.58. The highest BCUT2D eigenvalue weighted by atomic mass is 32.1. The van der Waals surface area contributed by atoms with Crippen LogP contribution in [0.15, 0.2) is 29.6 Å². The monoisotopic (exact) mass is 512 g/mol. The third-order valence-corrected chi connectivity index (χ3v) is 8.38. The van der Waals surface area contributed by atoms with Crippen molar-refractivity contribution in [3.63, 3.8) is 0 Å². The second kappa shape index (κ2) is 12.0. The molecule has 0 atom stereocenters. The molecule has 2 fully saturated rings. The fourth-order valence-corrected chi connectivity index (χ4v) is 6.26. The number of carbonyl (C=O) groups excluding carboxylic acids is 1. The van der Waals surface area contributed by atoms with Crippen LogP contribution in [0.3, 0.4) is 0 Å². The molecule has 1 aromatic carbocycles. The lowest BCUT2D eigenvalue weighted by Gasteiger charge is -2.35. The number of carbonyl (C=O) groups is 1. The van der Waals surface area contributed by atoms with Gasteiger partial charge in [0.1, 0.15) is 5.60 Å². The molecule has 36 heavy (non-hydrogen) atoms. The quantitative estimate of drug-likeness (QED) is 0.340. The molecule has 3 N–H and O–H groups in total. The first-order valence-corrected chi connectivity index (χ1v) is 14.6. The number of ether oxygens (including phenoxy) is 1. The Morgan fingerprint density at radius 2 is 1.81 bits per heavy atom. The van der Waals surface area contributed by atoms with Crippen molar-refractivity contribution in [2.45, 2.75) is 103 Å². The number of thiazole rings is 1. The summed E-state index contributed by atoms with van der Waals surface area (Å²) in [4.78, 5) is 17.2. The van der Waals surface area contributed by atoms with Gasteiger partial charge in [0.15, 0.2) is 5.13 Å². The minimum absolute atomic E-state index is 0.158. The molecule has 0 bridgehead atoms. The zero-order valence-corrected chi connectivity index (χ0v) is 23.3. The van der Waals surface area contributed by atoms with E-state index in [1.54, 1.807) is 11.3 Å². The molecule has 2 aliphatic rings. The van der Waals surface area contributed by atoms with Crippen LogP contribution in [-0.2, 0) is 4.74 Å². The van der Waals surface area contributed by atoms with E-state index in [0.717, 1.165) is 42.7 Å². The number of hydrogen-bond donors (Lipinski definition) is 3. The number of nitrogens with zero attached hydrogens (tertiary/aromatic N) is 1. The fraction of sp³-hybridized carbons (Fsp3) is 0.655. The maximum atomic E-state index is 12.4. The lowest BCUT2D eigenvalue weighted by Crippen LogP contribution is -2.55. The Balaban J connectivity index is 1.15. The third kappa shape index (κ3) is 7.94. The van der Waals surface area contributed by atoms with Crippen LogP contribution in [0.25, 0.3) is 11.3 Å². The van der Waals surface area contributed by atoms with Gasteiger partial charge in [0.05, 0.1) is 11.2 Å². The van der Waals surface area contributed by atoms with Gasteiger partial charge in [0, 0.05) is 30.1 Å².